The molecule has 1 aromatic rings. The van der Waals surface area contributed by atoms with E-state index in [1.165, 1.54) is 6.92 Å². The summed E-state index contributed by atoms with van der Waals surface area (Å²) in [5, 5.41) is 16.7. The number of hydrogen-bond acceptors (Lipinski definition) is 9. The highest BCUT2D eigenvalue weighted by atomic mass is 32.1. The molecule has 1 aromatic heterocycles. The van der Waals surface area contributed by atoms with Crippen LogP contribution in [0.5, 0.6) is 0 Å². The molecule has 1 fully saturated rings. The Morgan fingerprint density at radius 3 is 2.37 bits per heavy atom. The minimum atomic E-state index is -5.86. The topological polar surface area (TPSA) is 201 Å². The van der Waals surface area contributed by atoms with E-state index in [4.69, 9.17) is 50.3 Å². The minimum Gasteiger partial charge on any atom is -0.386 e. The SMILES string of the molecule is [B]C([B])(OP(=O)(O)OP(=O)(O)O)[C@@]1(F)O[C@@]([B])(n2cc(C)c(=O)[nH]c2=S)[C@H](O)[C@@H]1O. The summed E-state index contributed by atoms with van der Waals surface area (Å²) in [5.41, 5.74) is -3.49. The van der Waals surface area contributed by atoms with Crippen LogP contribution in [0.2, 0.25) is 0 Å². The number of aryl methyl sites for hydroxylation is 1. The van der Waals surface area contributed by atoms with Crippen LogP contribution in [0.1, 0.15) is 5.56 Å². The Kier molecular flexibility index (Phi) is 6.62. The Labute approximate surface area is 176 Å². The van der Waals surface area contributed by atoms with Gasteiger partial charge in [-0.15, -0.1) is 0 Å². The Bertz CT molecular complexity index is 1060. The van der Waals surface area contributed by atoms with Crippen molar-refractivity contribution < 1.29 is 52.0 Å². The number of aliphatic hydroxyl groups excluding tert-OH is 2. The number of H-pyrrole nitrogens is 1. The average Bonchev–Trinajstić information content (AvgIpc) is 2.70. The van der Waals surface area contributed by atoms with E-state index in [-0.39, 0.29) is 5.56 Å². The van der Waals surface area contributed by atoms with Crippen LogP contribution in [0.15, 0.2) is 11.0 Å². The fourth-order valence-corrected chi connectivity index (χ4v) is 4.52. The molecule has 2 rings (SSSR count). The van der Waals surface area contributed by atoms with Crippen LogP contribution >= 0.6 is 27.9 Å². The van der Waals surface area contributed by atoms with Gasteiger partial charge in [-0.1, -0.05) is 0 Å². The number of phosphoric acid groups is 2. The zero-order chi connectivity index (χ0) is 23.5. The molecule has 0 bridgehead atoms. The first-order valence-corrected chi connectivity index (χ1v) is 10.9. The molecule has 0 aliphatic carbocycles. The van der Waals surface area contributed by atoms with Crippen LogP contribution in [0.25, 0.3) is 0 Å². The number of nitrogens with zero attached hydrogens (tertiary/aromatic N) is 1. The molecular formula is C10H12B3FN2O11P2S. The molecule has 1 aliphatic heterocycles. The van der Waals surface area contributed by atoms with Gasteiger partial charge in [0.05, 0.1) is 5.40 Å². The molecule has 5 atom stereocenters. The van der Waals surface area contributed by atoms with E-state index in [0.717, 1.165) is 6.20 Å². The van der Waals surface area contributed by atoms with Gasteiger partial charge in [0.25, 0.3) is 11.4 Å². The van der Waals surface area contributed by atoms with E-state index in [0.29, 0.717) is 4.57 Å². The Morgan fingerprint density at radius 1 is 1.33 bits per heavy atom. The second-order valence-electron chi connectivity index (χ2n) is 6.26. The van der Waals surface area contributed by atoms with Crippen molar-refractivity contribution in [2.24, 2.45) is 0 Å². The molecule has 0 spiro atoms. The summed E-state index contributed by atoms with van der Waals surface area (Å²) in [6.07, 6.45) is -4.26. The normalized spacial score (nSPS) is 32.1. The van der Waals surface area contributed by atoms with E-state index < -0.39 is 55.1 Å². The van der Waals surface area contributed by atoms with Crippen molar-refractivity contribution in [2.45, 2.75) is 36.0 Å². The standard InChI is InChI=1S/C10H12B3FN2O11P2S/c1-3-2-16(7(30)15-6(3)19)9(11)5(18)4(17)8(14,25-9)10(12,13)26-29(23,24)27-28(20,21)22/h2,4-5,17-18H,1H3,(H,23,24)(H,15,19,30)(H2,20,21,22)/t4-,5+,8-,9-/m0/s1. The number of hydrogen-bond donors (Lipinski definition) is 6. The molecule has 2 heterocycles. The molecule has 160 valence electrons. The molecule has 0 aromatic carbocycles. The summed E-state index contributed by atoms with van der Waals surface area (Å²) < 4.78 is 50.4. The number of alkyl halides is 1. The number of nitrogens with one attached hydrogen (secondary N) is 1. The molecule has 6 radical (unpaired) electrons. The molecule has 20 heteroatoms. The third-order valence-electron chi connectivity index (χ3n) is 3.92. The molecule has 1 aliphatic rings. The van der Waals surface area contributed by atoms with Crippen molar-refractivity contribution in [1.29, 1.82) is 0 Å². The van der Waals surface area contributed by atoms with Gasteiger partial charge in [-0.25, -0.2) is 13.5 Å². The van der Waals surface area contributed by atoms with E-state index in [1.807, 2.05) is 0 Å². The molecule has 1 saturated heterocycles. The van der Waals surface area contributed by atoms with E-state index in [2.05, 4.69) is 13.8 Å². The predicted molar refractivity (Wildman–Crippen MR) is 99.6 cm³/mol. The van der Waals surface area contributed by atoms with Crippen LogP contribution in [0, 0.1) is 11.7 Å². The van der Waals surface area contributed by atoms with Crippen molar-refractivity contribution in [3.63, 3.8) is 0 Å². The smallest absolute Gasteiger partial charge is 0.386 e. The first kappa shape index (κ1) is 25.6. The first-order valence-electron chi connectivity index (χ1n) is 7.51. The number of aliphatic hydroxyl groups is 2. The zero-order valence-electron chi connectivity index (χ0n) is 14.8. The van der Waals surface area contributed by atoms with Crippen LogP contribution in [0.3, 0.4) is 0 Å². The summed E-state index contributed by atoms with van der Waals surface area (Å²) in [5.74, 6) is -3.99. The van der Waals surface area contributed by atoms with E-state index in [1.54, 1.807) is 0 Å². The lowest BCUT2D eigenvalue weighted by atomic mass is 9.59. The summed E-state index contributed by atoms with van der Waals surface area (Å²) in [4.78, 5) is 40.3. The molecule has 0 amide bonds. The van der Waals surface area contributed by atoms with Crippen molar-refractivity contribution in [2.75, 3.05) is 0 Å². The van der Waals surface area contributed by atoms with Gasteiger partial charge >= 0.3 is 15.6 Å². The summed E-state index contributed by atoms with van der Waals surface area (Å²) in [6, 6.07) is 0. The lowest BCUT2D eigenvalue weighted by Gasteiger charge is -2.41. The van der Waals surface area contributed by atoms with Gasteiger partial charge in [0.2, 0.25) is 0 Å². The van der Waals surface area contributed by atoms with Crippen LogP contribution in [-0.4, -0.2) is 81.4 Å². The summed E-state index contributed by atoms with van der Waals surface area (Å²) in [6.45, 7) is 1.29. The van der Waals surface area contributed by atoms with Crippen LogP contribution in [-0.2, 0) is 28.3 Å². The van der Waals surface area contributed by atoms with Gasteiger partial charge in [0, 0.05) is 11.8 Å². The molecule has 1 unspecified atom stereocenters. The highest BCUT2D eigenvalue weighted by Gasteiger charge is 2.68. The van der Waals surface area contributed by atoms with Gasteiger partial charge in [-0.05, 0) is 19.1 Å². The predicted octanol–water partition coefficient (Wildman–Crippen LogP) is -2.37. The highest BCUT2D eigenvalue weighted by molar-refractivity contribution is 7.71. The molecule has 30 heavy (non-hydrogen) atoms. The maximum Gasteiger partial charge on any atom is 0.480 e. The second kappa shape index (κ2) is 7.75. The van der Waals surface area contributed by atoms with Crippen LogP contribution < -0.4 is 5.56 Å². The number of aromatic amines is 1. The summed E-state index contributed by atoms with van der Waals surface area (Å²) in [7, 11) is 4.87. The minimum absolute atomic E-state index is 0.0343. The maximum atomic E-state index is 15.5. The number of aromatic nitrogens is 2. The fraction of sp³-hybridized carbons (Fsp3) is 0.600. The van der Waals surface area contributed by atoms with Gasteiger partial charge < -0.3 is 34.2 Å². The Morgan fingerprint density at radius 2 is 1.87 bits per heavy atom. The van der Waals surface area contributed by atoms with Gasteiger partial charge in [-0.2, -0.15) is 4.31 Å². The van der Waals surface area contributed by atoms with Crippen molar-refractivity contribution in [1.82, 2.24) is 9.55 Å². The van der Waals surface area contributed by atoms with Crippen molar-refractivity contribution >= 4 is 51.4 Å². The number of phosphoric ester groups is 1. The largest absolute Gasteiger partial charge is 0.480 e. The summed E-state index contributed by atoms with van der Waals surface area (Å²) >= 11 is 4.86. The Balaban J connectivity index is 2.51. The quantitative estimate of drug-likeness (QED) is 0.143. The van der Waals surface area contributed by atoms with Gasteiger partial charge in [-0.3, -0.25) is 14.3 Å². The Hall–Kier alpha value is -0.635. The number of halogens is 1. The van der Waals surface area contributed by atoms with Crippen LogP contribution in [0.4, 0.5) is 4.39 Å². The van der Waals surface area contributed by atoms with E-state index in [9.17, 15) is 29.0 Å². The third-order valence-corrected chi connectivity index (χ3v) is 6.43. The number of rotatable bonds is 6. The second-order valence-corrected chi connectivity index (χ2v) is 9.40. The first-order chi connectivity index (χ1) is 13.3. The highest BCUT2D eigenvalue weighted by Crippen LogP contribution is 2.61. The molecule has 13 nitrogen and oxygen atoms in total. The van der Waals surface area contributed by atoms with Crippen molar-refractivity contribution in [3.05, 3.63) is 26.9 Å². The molecule has 6 N–H and O–H groups in total. The molecule has 0 saturated carbocycles. The zero-order valence-corrected chi connectivity index (χ0v) is 17.4. The number of ether oxygens (including phenoxy) is 1. The average molecular weight is 482 g/mol. The fourth-order valence-electron chi connectivity index (χ4n) is 2.52. The monoisotopic (exact) mass is 482 g/mol. The van der Waals surface area contributed by atoms with Gasteiger partial charge in [0.1, 0.15) is 41.4 Å². The maximum absolute atomic E-state index is 15.5. The third kappa shape index (κ3) is 4.59. The lowest BCUT2D eigenvalue weighted by Crippen LogP contribution is -2.60. The van der Waals surface area contributed by atoms with E-state index >= 15 is 4.39 Å². The van der Waals surface area contributed by atoms with Gasteiger partial charge in [0.15, 0.2) is 4.77 Å². The van der Waals surface area contributed by atoms with Crippen molar-refractivity contribution in [3.8, 4) is 0 Å². The molecular weight excluding hydrogens is 470 g/mol. The lowest BCUT2D eigenvalue weighted by molar-refractivity contribution is -0.239.